The van der Waals surface area contributed by atoms with Crippen molar-refractivity contribution < 1.29 is 4.79 Å². The van der Waals surface area contributed by atoms with Gasteiger partial charge in [0, 0.05) is 34.0 Å². The average Bonchev–Trinajstić information content (AvgIpc) is 3.18. The summed E-state index contributed by atoms with van der Waals surface area (Å²) in [5, 5.41) is 1.25. The molecular formula is C26H23NO. The van der Waals surface area contributed by atoms with Gasteiger partial charge in [-0.1, -0.05) is 79.2 Å². The van der Waals surface area contributed by atoms with Crippen LogP contribution in [-0.2, 0) is 11.8 Å². The number of aromatic amines is 1. The van der Waals surface area contributed by atoms with Crippen molar-refractivity contribution in [3.63, 3.8) is 0 Å². The molecule has 1 aromatic heterocycles. The van der Waals surface area contributed by atoms with Crippen LogP contribution in [0.2, 0.25) is 0 Å². The van der Waals surface area contributed by atoms with Gasteiger partial charge in [-0.05, 0) is 36.1 Å². The van der Waals surface area contributed by atoms with Gasteiger partial charge in [-0.15, -0.1) is 0 Å². The van der Waals surface area contributed by atoms with Gasteiger partial charge in [-0.25, -0.2) is 0 Å². The quantitative estimate of drug-likeness (QED) is 0.458. The van der Waals surface area contributed by atoms with Crippen molar-refractivity contribution in [2.45, 2.75) is 32.1 Å². The molecule has 0 bridgehead atoms. The van der Waals surface area contributed by atoms with Crippen molar-refractivity contribution in [1.82, 2.24) is 4.98 Å². The maximum absolute atomic E-state index is 12.7. The van der Waals surface area contributed by atoms with Gasteiger partial charge >= 0.3 is 0 Å². The van der Waals surface area contributed by atoms with Crippen molar-refractivity contribution in [2.75, 3.05) is 0 Å². The minimum atomic E-state index is -0.188. The number of fused-ring (bicyclic) bond motifs is 2. The standard InChI is InChI=1S/C26H23NO/c1-17-12-13-20-22(14-17)26(2,16-24(20)28)15-21-19-10-6-7-11-23(19)27-25(21)18-8-4-3-5-9-18/h3-14,27H,15-16H2,1-2H3. The van der Waals surface area contributed by atoms with Crippen LogP contribution >= 0.6 is 0 Å². The Morgan fingerprint density at radius 2 is 1.71 bits per heavy atom. The third kappa shape index (κ3) is 2.60. The van der Waals surface area contributed by atoms with E-state index in [0.717, 1.165) is 23.2 Å². The number of rotatable bonds is 3. The first-order chi connectivity index (χ1) is 13.5. The number of carbonyl (C=O) groups is 1. The zero-order valence-electron chi connectivity index (χ0n) is 16.3. The molecule has 1 unspecified atom stereocenters. The van der Waals surface area contributed by atoms with E-state index >= 15 is 0 Å². The third-order valence-electron chi connectivity index (χ3n) is 6.12. The number of hydrogen-bond acceptors (Lipinski definition) is 1. The Hall–Kier alpha value is -3.13. The molecule has 1 N–H and O–H groups in total. The molecule has 1 heterocycles. The van der Waals surface area contributed by atoms with Gasteiger partial charge in [-0.3, -0.25) is 4.79 Å². The van der Waals surface area contributed by atoms with E-state index in [0.29, 0.717) is 6.42 Å². The number of hydrogen-bond donors (Lipinski definition) is 1. The zero-order chi connectivity index (χ0) is 19.3. The fourth-order valence-corrected chi connectivity index (χ4v) is 4.73. The van der Waals surface area contributed by atoms with E-state index in [4.69, 9.17) is 0 Å². The highest BCUT2D eigenvalue weighted by molar-refractivity contribution is 6.02. The average molecular weight is 365 g/mol. The van der Waals surface area contributed by atoms with Crippen LogP contribution in [0.4, 0.5) is 0 Å². The molecule has 0 amide bonds. The summed E-state index contributed by atoms with van der Waals surface area (Å²) in [5.74, 6) is 0.263. The normalized spacial score (nSPS) is 18.6. The molecule has 2 heteroatoms. The van der Waals surface area contributed by atoms with Crippen molar-refractivity contribution in [3.8, 4) is 11.3 Å². The summed E-state index contributed by atoms with van der Waals surface area (Å²) in [6.45, 7) is 4.34. The van der Waals surface area contributed by atoms with E-state index in [-0.39, 0.29) is 11.2 Å². The van der Waals surface area contributed by atoms with E-state index in [9.17, 15) is 4.79 Å². The molecular weight excluding hydrogens is 342 g/mol. The predicted molar refractivity (Wildman–Crippen MR) is 115 cm³/mol. The summed E-state index contributed by atoms with van der Waals surface area (Å²) in [7, 11) is 0. The van der Waals surface area contributed by atoms with Gasteiger partial charge < -0.3 is 4.98 Å². The highest BCUT2D eigenvalue weighted by Crippen LogP contribution is 2.44. The molecule has 2 nitrogen and oxygen atoms in total. The monoisotopic (exact) mass is 365 g/mol. The molecule has 28 heavy (non-hydrogen) atoms. The molecule has 1 aliphatic carbocycles. The third-order valence-corrected chi connectivity index (χ3v) is 6.12. The summed E-state index contributed by atoms with van der Waals surface area (Å²) in [6.07, 6.45) is 1.41. The maximum Gasteiger partial charge on any atom is 0.164 e. The number of aromatic nitrogens is 1. The van der Waals surface area contributed by atoms with Crippen LogP contribution in [0.1, 0.15) is 40.4 Å². The Bertz CT molecular complexity index is 1200. The molecule has 0 aliphatic heterocycles. The summed E-state index contributed by atoms with van der Waals surface area (Å²) >= 11 is 0. The van der Waals surface area contributed by atoms with Crippen LogP contribution in [0.25, 0.3) is 22.2 Å². The fourth-order valence-electron chi connectivity index (χ4n) is 4.73. The number of H-pyrrole nitrogens is 1. The number of para-hydroxylation sites is 1. The van der Waals surface area contributed by atoms with Crippen molar-refractivity contribution in [3.05, 3.63) is 95.1 Å². The first kappa shape index (κ1) is 17.0. The molecule has 0 radical (unpaired) electrons. The van der Waals surface area contributed by atoms with Gasteiger partial charge in [0.15, 0.2) is 5.78 Å². The summed E-state index contributed by atoms with van der Waals surface area (Å²) in [5.41, 5.74) is 7.91. The lowest BCUT2D eigenvalue weighted by molar-refractivity contribution is 0.0976. The zero-order valence-corrected chi connectivity index (χ0v) is 16.3. The molecule has 0 spiro atoms. The highest BCUT2D eigenvalue weighted by Gasteiger charge is 2.40. The lowest BCUT2D eigenvalue weighted by atomic mass is 9.77. The largest absolute Gasteiger partial charge is 0.354 e. The summed E-state index contributed by atoms with van der Waals surface area (Å²) in [6, 6.07) is 25.2. The number of benzene rings is 3. The number of Topliss-reactive ketones (excluding diaryl/α,β-unsaturated/α-hetero) is 1. The molecule has 4 aromatic rings. The highest BCUT2D eigenvalue weighted by atomic mass is 16.1. The molecule has 1 aliphatic rings. The maximum atomic E-state index is 12.7. The van der Waals surface area contributed by atoms with Gasteiger partial charge in [0.25, 0.3) is 0 Å². The number of nitrogens with one attached hydrogen (secondary N) is 1. The Kier molecular flexibility index (Phi) is 3.77. The van der Waals surface area contributed by atoms with Crippen LogP contribution in [0.15, 0.2) is 72.8 Å². The second-order valence-corrected chi connectivity index (χ2v) is 8.28. The van der Waals surface area contributed by atoms with Crippen LogP contribution in [0.3, 0.4) is 0 Å². The van der Waals surface area contributed by atoms with E-state index in [1.807, 2.05) is 18.2 Å². The number of ketones is 1. The van der Waals surface area contributed by atoms with Gasteiger partial charge in [0.05, 0.1) is 0 Å². The molecule has 0 fully saturated rings. The molecule has 5 rings (SSSR count). The summed E-state index contributed by atoms with van der Waals surface area (Å²) < 4.78 is 0. The van der Waals surface area contributed by atoms with Crippen LogP contribution in [-0.4, -0.2) is 10.8 Å². The Balaban J connectivity index is 1.69. The topological polar surface area (TPSA) is 32.9 Å². The summed E-state index contributed by atoms with van der Waals surface area (Å²) in [4.78, 5) is 16.4. The first-order valence-corrected chi connectivity index (χ1v) is 9.84. The number of aryl methyl sites for hydroxylation is 1. The van der Waals surface area contributed by atoms with Crippen LogP contribution in [0, 0.1) is 6.92 Å². The van der Waals surface area contributed by atoms with E-state index < -0.39 is 0 Å². The van der Waals surface area contributed by atoms with Crippen molar-refractivity contribution >= 4 is 16.7 Å². The lowest BCUT2D eigenvalue weighted by Gasteiger charge is -2.25. The van der Waals surface area contributed by atoms with Gasteiger partial charge in [0.1, 0.15) is 0 Å². The smallest absolute Gasteiger partial charge is 0.164 e. The van der Waals surface area contributed by atoms with Crippen molar-refractivity contribution in [2.24, 2.45) is 0 Å². The van der Waals surface area contributed by atoms with Crippen LogP contribution in [0.5, 0.6) is 0 Å². The number of carbonyl (C=O) groups excluding carboxylic acids is 1. The molecule has 0 saturated carbocycles. The fraction of sp³-hybridized carbons (Fsp3) is 0.192. The first-order valence-electron chi connectivity index (χ1n) is 9.84. The van der Waals surface area contributed by atoms with Crippen LogP contribution < -0.4 is 0 Å². The van der Waals surface area contributed by atoms with Gasteiger partial charge in [0.2, 0.25) is 0 Å². The Morgan fingerprint density at radius 3 is 2.54 bits per heavy atom. The van der Waals surface area contributed by atoms with Gasteiger partial charge in [-0.2, -0.15) is 0 Å². The molecule has 3 aromatic carbocycles. The Labute approximate surface area is 165 Å². The molecule has 0 saturated heterocycles. The predicted octanol–water partition coefficient (Wildman–Crippen LogP) is 6.23. The molecule has 1 atom stereocenters. The Morgan fingerprint density at radius 1 is 0.964 bits per heavy atom. The lowest BCUT2D eigenvalue weighted by Crippen LogP contribution is -2.22. The SMILES string of the molecule is Cc1ccc2c(c1)C(C)(Cc1c(-c3ccccc3)[nH]c3ccccc13)CC2=O. The van der Waals surface area contributed by atoms with E-state index in [1.165, 1.54) is 27.6 Å². The molecule has 138 valence electrons. The second kappa shape index (κ2) is 6.20. The van der Waals surface area contributed by atoms with Crippen molar-refractivity contribution in [1.29, 1.82) is 0 Å². The van der Waals surface area contributed by atoms with E-state index in [1.54, 1.807) is 0 Å². The second-order valence-electron chi connectivity index (χ2n) is 8.28. The van der Waals surface area contributed by atoms with E-state index in [2.05, 4.69) is 73.4 Å². The minimum Gasteiger partial charge on any atom is -0.354 e. The minimum absolute atomic E-state index is 0.188.